The van der Waals surface area contributed by atoms with Gasteiger partial charge < -0.3 is 9.73 Å². The molecule has 9 heavy (non-hydrogen) atoms. The molecule has 1 N–H and O–H groups in total. The highest BCUT2D eigenvalue weighted by molar-refractivity contribution is 6.18. The van der Waals surface area contributed by atoms with Crippen LogP contribution in [0, 0.1) is 6.92 Å². The van der Waals surface area contributed by atoms with Crippen molar-refractivity contribution in [3.05, 3.63) is 17.9 Å². The summed E-state index contributed by atoms with van der Waals surface area (Å²) in [7, 11) is 0. The first kappa shape index (κ1) is 6.49. The van der Waals surface area contributed by atoms with Crippen LogP contribution in [0.25, 0.3) is 0 Å². The number of aryl methyl sites for hydroxylation is 1. The quantitative estimate of drug-likeness (QED) is 0.510. The minimum atomic E-state index is 0.382. The third-order valence-corrected chi connectivity index (χ3v) is 1.12. The van der Waals surface area contributed by atoms with E-state index >= 15 is 0 Å². The molecule has 0 unspecified atom stereocenters. The van der Waals surface area contributed by atoms with Crippen molar-refractivity contribution in [2.24, 2.45) is 0 Å². The van der Waals surface area contributed by atoms with Crippen LogP contribution in [-0.4, -0.2) is 6.00 Å². The van der Waals surface area contributed by atoms with Crippen molar-refractivity contribution in [2.75, 3.05) is 11.3 Å². The van der Waals surface area contributed by atoms with Gasteiger partial charge in [-0.1, -0.05) is 0 Å². The maximum Gasteiger partial charge on any atom is 0.193 e. The fourth-order valence-corrected chi connectivity index (χ4v) is 0.727. The average molecular weight is 146 g/mol. The zero-order chi connectivity index (χ0) is 6.69. The average Bonchev–Trinajstić information content (AvgIpc) is 2.17. The van der Waals surface area contributed by atoms with E-state index in [1.165, 1.54) is 0 Å². The molecule has 0 aliphatic carbocycles. The van der Waals surface area contributed by atoms with E-state index in [1.54, 1.807) is 0 Å². The summed E-state index contributed by atoms with van der Waals surface area (Å²) >= 11 is 5.37. The molecule has 50 valence electrons. The highest BCUT2D eigenvalue weighted by Gasteiger charge is 1.92. The van der Waals surface area contributed by atoms with Crippen LogP contribution in [0.15, 0.2) is 16.5 Å². The molecule has 0 fully saturated rings. The molecule has 0 aliphatic heterocycles. The van der Waals surface area contributed by atoms with E-state index in [4.69, 9.17) is 16.0 Å². The van der Waals surface area contributed by atoms with Crippen LogP contribution in [0.1, 0.15) is 5.76 Å². The molecule has 0 bridgehead atoms. The lowest BCUT2D eigenvalue weighted by molar-refractivity contribution is 0.549. The van der Waals surface area contributed by atoms with Crippen molar-refractivity contribution in [3.63, 3.8) is 0 Å². The fourth-order valence-electron chi connectivity index (χ4n) is 0.595. The van der Waals surface area contributed by atoms with Gasteiger partial charge in [-0.25, -0.2) is 0 Å². The van der Waals surface area contributed by atoms with E-state index in [0.717, 1.165) is 11.6 Å². The highest BCUT2D eigenvalue weighted by Crippen LogP contribution is 2.11. The summed E-state index contributed by atoms with van der Waals surface area (Å²) in [4.78, 5) is 0. The summed E-state index contributed by atoms with van der Waals surface area (Å²) < 4.78 is 5.13. The first-order valence-electron chi connectivity index (χ1n) is 2.69. The fraction of sp³-hybridized carbons (Fsp3) is 0.333. The van der Waals surface area contributed by atoms with Gasteiger partial charge in [0.05, 0.1) is 6.00 Å². The van der Waals surface area contributed by atoms with Crippen LogP contribution in [0.5, 0.6) is 0 Å². The zero-order valence-electron chi connectivity index (χ0n) is 5.15. The minimum Gasteiger partial charge on any atom is -0.446 e. The van der Waals surface area contributed by atoms with Gasteiger partial charge in [-0.3, -0.25) is 0 Å². The van der Waals surface area contributed by atoms with Gasteiger partial charge in [0.15, 0.2) is 5.88 Å². The van der Waals surface area contributed by atoms with Crippen molar-refractivity contribution in [1.82, 2.24) is 0 Å². The second-order valence-corrected chi connectivity index (χ2v) is 1.99. The van der Waals surface area contributed by atoms with Crippen molar-refractivity contribution in [2.45, 2.75) is 6.92 Å². The van der Waals surface area contributed by atoms with Crippen molar-refractivity contribution < 1.29 is 4.42 Å². The number of nitrogens with one attached hydrogen (secondary N) is 1. The number of hydrogen-bond acceptors (Lipinski definition) is 2. The summed E-state index contributed by atoms with van der Waals surface area (Å²) in [6, 6.07) is 4.11. The Balaban J connectivity index is 2.61. The molecule has 0 aromatic carbocycles. The number of alkyl halides is 1. The molecule has 0 saturated heterocycles. The monoisotopic (exact) mass is 145 g/mol. The molecule has 0 spiro atoms. The topological polar surface area (TPSA) is 25.2 Å². The van der Waals surface area contributed by atoms with E-state index in [-0.39, 0.29) is 0 Å². The third-order valence-electron chi connectivity index (χ3n) is 0.981. The standard InChI is InChI=1S/C6H8ClNO/c1-5-2-3-6(9-5)8-4-7/h2-3,8H,4H2,1H3. The minimum absolute atomic E-state index is 0.382. The Morgan fingerprint density at radius 2 is 2.44 bits per heavy atom. The molecule has 0 saturated carbocycles. The predicted octanol–water partition coefficient (Wildman–Crippen LogP) is 2.20. The summed E-state index contributed by atoms with van der Waals surface area (Å²) in [6.45, 7) is 1.89. The molecule has 0 radical (unpaired) electrons. The van der Waals surface area contributed by atoms with Crippen LogP contribution in [0.3, 0.4) is 0 Å². The van der Waals surface area contributed by atoms with Crippen LogP contribution in [0.4, 0.5) is 5.88 Å². The molecule has 0 atom stereocenters. The van der Waals surface area contributed by atoms with E-state index < -0.39 is 0 Å². The number of anilines is 1. The normalized spacial score (nSPS) is 9.56. The van der Waals surface area contributed by atoms with E-state index in [9.17, 15) is 0 Å². The number of halogens is 1. The first-order chi connectivity index (χ1) is 4.33. The molecule has 1 aromatic heterocycles. The summed E-state index contributed by atoms with van der Waals surface area (Å²) in [5.41, 5.74) is 0. The number of furan rings is 1. The predicted molar refractivity (Wildman–Crippen MR) is 37.8 cm³/mol. The maximum absolute atomic E-state index is 5.37. The Hall–Kier alpha value is -0.630. The van der Waals surface area contributed by atoms with Gasteiger partial charge in [-0.2, -0.15) is 0 Å². The molecular formula is C6H8ClNO. The van der Waals surface area contributed by atoms with Gasteiger partial charge in [-0.15, -0.1) is 11.6 Å². The summed E-state index contributed by atoms with van der Waals surface area (Å²) in [5, 5.41) is 2.83. The Morgan fingerprint density at radius 3 is 2.89 bits per heavy atom. The first-order valence-corrected chi connectivity index (χ1v) is 3.22. The van der Waals surface area contributed by atoms with Gasteiger partial charge >= 0.3 is 0 Å². The number of hydrogen-bond donors (Lipinski definition) is 1. The lowest BCUT2D eigenvalue weighted by Crippen LogP contribution is -1.90. The van der Waals surface area contributed by atoms with Gasteiger partial charge in [0, 0.05) is 6.07 Å². The Kier molecular flexibility index (Phi) is 2.01. The Morgan fingerprint density at radius 1 is 1.67 bits per heavy atom. The largest absolute Gasteiger partial charge is 0.446 e. The van der Waals surface area contributed by atoms with E-state index in [2.05, 4.69) is 5.32 Å². The molecule has 1 heterocycles. The molecular weight excluding hydrogens is 138 g/mol. The van der Waals surface area contributed by atoms with Crippen LogP contribution in [-0.2, 0) is 0 Å². The summed E-state index contributed by atoms with van der Waals surface area (Å²) in [5.74, 6) is 1.62. The van der Waals surface area contributed by atoms with Crippen molar-refractivity contribution >= 4 is 17.5 Å². The zero-order valence-corrected chi connectivity index (χ0v) is 5.90. The van der Waals surface area contributed by atoms with Gasteiger partial charge in [0.2, 0.25) is 0 Å². The summed E-state index contributed by atoms with van der Waals surface area (Å²) in [6.07, 6.45) is 0. The molecule has 2 nitrogen and oxygen atoms in total. The van der Waals surface area contributed by atoms with Gasteiger partial charge in [0.25, 0.3) is 0 Å². The maximum atomic E-state index is 5.37. The van der Waals surface area contributed by atoms with E-state index in [0.29, 0.717) is 6.00 Å². The molecule has 0 aliphatic rings. The van der Waals surface area contributed by atoms with Crippen molar-refractivity contribution in [3.8, 4) is 0 Å². The molecule has 1 rings (SSSR count). The van der Waals surface area contributed by atoms with Crippen molar-refractivity contribution in [1.29, 1.82) is 0 Å². The number of rotatable bonds is 2. The second kappa shape index (κ2) is 2.78. The SMILES string of the molecule is Cc1ccc(NCCl)o1. The highest BCUT2D eigenvalue weighted by atomic mass is 35.5. The second-order valence-electron chi connectivity index (χ2n) is 1.72. The van der Waals surface area contributed by atoms with Crippen LogP contribution >= 0.6 is 11.6 Å². The van der Waals surface area contributed by atoms with Gasteiger partial charge in [0.1, 0.15) is 5.76 Å². The third kappa shape index (κ3) is 1.64. The smallest absolute Gasteiger partial charge is 0.193 e. The van der Waals surface area contributed by atoms with E-state index in [1.807, 2.05) is 19.1 Å². The van der Waals surface area contributed by atoms with Crippen LogP contribution in [0.2, 0.25) is 0 Å². The Labute approximate surface area is 58.8 Å². The lowest BCUT2D eigenvalue weighted by atomic mass is 10.5. The molecule has 3 heteroatoms. The van der Waals surface area contributed by atoms with Crippen LogP contribution < -0.4 is 5.32 Å². The molecule has 0 amide bonds. The van der Waals surface area contributed by atoms with Gasteiger partial charge in [-0.05, 0) is 13.0 Å². The lowest BCUT2D eigenvalue weighted by Gasteiger charge is -1.92. The molecule has 1 aromatic rings. The Bertz CT molecular complexity index is 185.